The molecule has 0 bridgehead atoms. The number of alkyl halides is 1. The molecule has 0 saturated carbocycles. The first kappa shape index (κ1) is 14.2. The second-order valence-corrected chi connectivity index (χ2v) is 6.27. The predicted molar refractivity (Wildman–Crippen MR) is 83.3 cm³/mol. The molecule has 18 heavy (non-hydrogen) atoms. The van der Waals surface area contributed by atoms with Crippen LogP contribution in [0.3, 0.4) is 0 Å². The van der Waals surface area contributed by atoms with Crippen LogP contribution in [0, 0.1) is 0 Å². The van der Waals surface area contributed by atoms with E-state index in [4.69, 9.17) is 34.8 Å². The van der Waals surface area contributed by atoms with Crippen LogP contribution >= 0.6 is 50.7 Å². The number of hydrogen-bond donors (Lipinski definition) is 0. The first-order valence-corrected chi connectivity index (χ1v) is 7.45. The van der Waals surface area contributed by atoms with Crippen molar-refractivity contribution in [2.75, 3.05) is 0 Å². The van der Waals surface area contributed by atoms with Crippen molar-refractivity contribution in [3.8, 4) is 0 Å². The molecule has 0 aliphatic carbocycles. The maximum absolute atomic E-state index is 6.20. The average molecular weight is 364 g/mol. The van der Waals surface area contributed by atoms with Gasteiger partial charge < -0.3 is 0 Å². The zero-order valence-corrected chi connectivity index (χ0v) is 13.2. The summed E-state index contributed by atoms with van der Waals surface area (Å²) in [4.78, 5) is 0.130. The molecule has 1 atom stereocenters. The topological polar surface area (TPSA) is 0 Å². The molecule has 0 aromatic heterocycles. The Kier molecular flexibility index (Phi) is 4.97. The molecule has 0 heterocycles. The van der Waals surface area contributed by atoms with E-state index in [2.05, 4.69) is 15.9 Å². The maximum atomic E-state index is 6.20. The van der Waals surface area contributed by atoms with Gasteiger partial charge >= 0.3 is 0 Å². The summed E-state index contributed by atoms with van der Waals surface area (Å²) in [6.07, 6.45) is 0.831. The number of rotatable bonds is 3. The standard InChI is InChI=1S/C14H10BrCl3/c15-12(8-9-4-6-10(16)7-5-9)11-2-1-3-13(17)14(11)18/h1-7,12H,8H2. The summed E-state index contributed by atoms with van der Waals surface area (Å²) in [6.45, 7) is 0. The lowest BCUT2D eigenvalue weighted by Gasteiger charge is -2.13. The van der Waals surface area contributed by atoms with Gasteiger partial charge in [-0.25, -0.2) is 0 Å². The van der Waals surface area contributed by atoms with Gasteiger partial charge in [-0.3, -0.25) is 0 Å². The van der Waals surface area contributed by atoms with Crippen LogP contribution in [0.2, 0.25) is 15.1 Å². The largest absolute Gasteiger partial charge is 0.0843 e. The second-order valence-electron chi connectivity index (χ2n) is 3.94. The molecule has 0 amide bonds. The summed E-state index contributed by atoms with van der Waals surface area (Å²) < 4.78 is 0. The van der Waals surface area contributed by atoms with Gasteiger partial charge in [-0.05, 0) is 35.7 Å². The van der Waals surface area contributed by atoms with E-state index in [1.807, 2.05) is 36.4 Å². The molecule has 1 unspecified atom stereocenters. The summed E-state index contributed by atoms with van der Waals surface area (Å²) in [5, 5.41) is 1.93. The van der Waals surface area contributed by atoms with Crippen molar-refractivity contribution in [2.45, 2.75) is 11.2 Å². The fourth-order valence-corrected chi connectivity index (χ4v) is 3.15. The first-order chi connectivity index (χ1) is 8.58. The minimum Gasteiger partial charge on any atom is -0.0843 e. The van der Waals surface area contributed by atoms with Crippen molar-refractivity contribution in [3.05, 3.63) is 68.7 Å². The monoisotopic (exact) mass is 362 g/mol. The number of hydrogen-bond acceptors (Lipinski definition) is 0. The lowest BCUT2D eigenvalue weighted by Crippen LogP contribution is -1.96. The van der Waals surface area contributed by atoms with E-state index in [-0.39, 0.29) is 4.83 Å². The Bertz CT molecular complexity index is 537. The normalized spacial score (nSPS) is 12.4. The van der Waals surface area contributed by atoms with E-state index < -0.39 is 0 Å². The molecule has 94 valence electrons. The van der Waals surface area contributed by atoms with Crippen molar-refractivity contribution in [1.29, 1.82) is 0 Å². The molecule has 0 aliphatic rings. The number of halogens is 4. The summed E-state index contributed by atoms with van der Waals surface area (Å²) in [7, 11) is 0. The first-order valence-electron chi connectivity index (χ1n) is 5.40. The highest BCUT2D eigenvalue weighted by Crippen LogP contribution is 2.36. The zero-order valence-electron chi connectivity index (χ0n) is 9.34. The fraction of sp³-hybridized carbons (Fsp3) is 0.143. The van der Waals surface area contributed by atoms with E-state index in [1.54, 1.807) is 6.07 Å². The van der Waals surface area contributed by atoms with E-state index in [1.165, 1.54) is 5.56 Å². The summed E-state index contributed by atoms with van der Waals surface area (Å²) in [6, 6.07) is 13.5. The van der Waals surface area contributed by atoms with Gasteiger partial charge in [0.25, 0.3) is 0 Å². The Morgan fingerprint density at radius 3 is 2.28 bits per heavy atom. The lowest BCUT2D eigenvalue weighted by molar-refractivity contribution is 0.949. The van der Waals surface area contributed by atoms with Crippen LogP contribution in [-0.4, -0.2) is 0 Å². The molecule has 2 aromatic carbocycles. The van der Waals surface area contributed by atoms with Crippen molar-refractivity contribution in [2.24, 2.45) is 0 Å². The maximum Gasteiger partial charge on any atom is 0.0635 e. The Morgan fingerprint density at radius 1 is 0.944 bits per heavy atom. The Balaban J connectivity index is 2.19. The highest BCUT2D eigenvalue weighted by atomic mass is 79.9. The molecule has 0 spiro atoms. The minimum atomic E-state index is 0.130. The van der Waals surface area contributed by atoms with Crippen molar-refractivity contribution < 1.29 is 0 Å². The van der Waals surface area contributed by atoms with Gasteiger partial charge in [-0.1, -0.05) is 75.0 Å². The SMILES string of the molecule is Clc1ccc(CC(Br)c2cccc(Cl)c2Cl)cc1. The third-order valence-electron chi connectivity index (χ3n) is 2.65. The molecule has 2 rings (SSSR count). The van der Waals surface area contributed by atoms with Crippen molar-refractivity contribution >= 4 is 50.7 Å². The van der Waals surface area contributed by atoms with E-state index >= 15 is 0 Å². The third kappa shape index (κ3) is 3.42. The zero-order chi connectivity index (χ0) is 13.1. The van der Waals surface area contributed by atoms with Gasteiger partial charge in [0.05, 0.1) is 10.0 Å². The van der Waals surface area contributed by atoms with Crippen molar-refractivity contribution in [1.82, 2.24) is 0 Å². The Labute approximate surface area is 130 Å². The average Bonchev–Trinajstić information content (AvgIpc) is 2.35. The fourth-order valence-electron chi connectivity index (χ4n) is 1.70. The van der Waals surface area contributed by atoms with E-state index in [0.717, 1.165) is 17.0 Å². The van der Waals surface area contributed by atoms with Crippen LogP contribution in [0.1, 0.15) is 16.0 Å². The van der Waals surface area contributed by atoms with Crippen LogP contribution in [0.15, 0.2) is 42.5 Å². The molecule has 0 saturated heterocycles. The number of benzene rings is 2. The molecule has 0 radical (unpaired) electrons. The molecule has 0 nitrogen and oxygen atoms in total. The summed E-state index contributed by atoms with van der Waals surface area (Å²) in [5.74, 6) is 0. The van der Waals surface area contributed by atoms with Gasteiger partial charge in [0.2, 0.25) is 0 Å². The smallest absolute Gasteiger partial charge is 0.0635 e. The Hall–Kier alpha value is -0.210. The lowest BCUT2D eigenvalue weighted by atomic mass is 10.0. The minimum absolute atomic E-state index is 0.130. The molecule has 4 heteroatoms. The quantitative estimate of drug-likeness (QED) is 0.559. The van der Waals surface area contributed by atoms with Gasteiger partial charge in [0.15, 0.2) is 0 Å². The van der Waals surface area contributed by atoms with Crippen LogP contribution in [0.5, 0.6) is 0 Å². The van der Waals surface area contributed by atoms with Crippen LogP contribution < -0.4 is 0 Å². The molecular formula is C14H10BrCl3. The molecule has 0 N–H and O–H groups in total. The van der Waals surface area contributed by atoms with Crippen LogP contribution in [0.25, 0.3) is 0 Å². The second kappa shape index (κ2) is 6.29. The van der Waals surface area contributed by atoms with E-state index in [0.29, 0.717) is 10.0 Å². The van der Waals surface area contributed by atoms with Gasteiger partial charge in [-0.15, -0.1) is 0 Å². The Morgan fingerprint density at radius 2 is 1.61 bits per heavy atom. The van der Waals surface area contributed by atoms with Crippen LogP contribution in [-0.2, 0) is 6.42 Å². The highest BCUT2D eigenvalue weighted by molar-refractivity contribution is 9.09. The van der Waals surface area contributed by atoms with Gasteiger partial charge in [-0.2, -0.15) is 0 Å². The summed E-state index contributed by atoms with van der Waals surface area (Å²) in [5.41, 5.74) is 2.19. The molecular weight excluding hydrogens is 354 g/mol. The van der Waals surface area contributed by atoms with Crippen LogP contribution in [0.4, 0.5) is 0 Å². The molecule has 2 aromatic rings. The van der Waals surface area contributed by atoms with Gasteiger partial charge in [0.1, 0.15) is 0 Å². The summed E-state index contributed by atoms with van der Waals surface area (Å²) >= 11 is 21.7. The third-order valence-corrected chi connectivity index (χ3v) is 4.55. The predicted octanol–water partition coefficient (Wildman–Crippen LogP) is 6.33. The van der Waals surface area contributed by atoms with Gasteiger partial charge in [0, 0.05) is 9.85 Å². The van der Waals surface area contributed by atoms with E-state index in [9.17, 15) is 0 Å². The van der Waals surface area contributed by atoms with Crippen molar-refractivity contribution in [3.63, 3.8) is 0 Å². The molecule has 0 fully saturated rings. The molecule has 0 aliphatic heterocycles. The highest BCUT2D eigenvalue weighted by Gasteiger charge is 2.13.